The molecule has 0 aromatic carbocycles. The average Bonchev–Trinajstić information content (AvgIpc) is 1.69. The molecular formula is C4H9O2S. The van der Waals surface area contributed by atoms with Crippen molar-refractivity contribution in [1.29, 1.82) is 0 Å². The standard InChI is InChI=1S/C4H9O2S/c1-2-5-3-6-4-7/h2-4H2,1H3. The van der Waals surface area contributed by atoms with Crippen LogP contribution in [0.5, 0.6) is 0 Å². The summed E-state index contributed by atoms with van der Waals surface area (Å²) >= 11 is 4.46. The van der Waals surface area contributed by atoms with Gasteiger partial charge in [0.25, 0.3) is 0 Å². The molecule has 0 amide bonds. The van der Waals surface area contributed by atoms with E-state index >= 15 is 0 Å². The first-order valence-corrected chi connectivity index (χ1v) is 2.73. The second-order valence-electron chi connectivity index (χ2n) is 0.933. The molecule has 43 valence electrons. The van der Waals surface area contributed by atoms with E-state index in [1.165, 1.54) is 0 Å². The fourth-order valence-electron chi connectivity index (χ4n) is 0.176. The first-order chi connectivity index (χ1) is 3.41. The largest absolute Gasteiger partial charge is 0.356 e. The van der Waals surface area contributed by atoms with Crippen LogP contribution in [0.4, 0.5) is 0 Å². The van der Waals surface area contributed by atoms with Crippen LogP contribution in [-0.2, 0) is 9.47 Å². The highest BCUT2D eigenvalue weighted by Gasteiger charge is 1.77. The summed E-state index contributed by atoms with van der Waals surface area (Å²) in [7, 11) is 0. The van der Waals surface area contributed by atoms with Gasteiger partial charge in [0.1, 0.15) is 12.7 Å². The SMILES string of the molecule is CCOCOC[S]. The summed E-state index contributed by atoms with van der Waals surface area (Å²) in [6, 6.07) is 0. The highest BCUT2D eigenvalue weighted by Crippen LogP contribution is 1.78. The highest BCUT2D eigenvalue weighted by molar-refractivity contribution is 7.80. The third kappa shape index (κ3) is 6.27. The first kappa shape index (κ1) is 7.27. The van der Waals surface area contributed by atoms with Crippen LogP contribution in [0.1, 0.15) is 6.92 Å². The summed E-state index contributed by atoms with van der Waals surface area (Å²) in [6.07, 6.45) is 0. The van der Waals surface area contributed by atoms with Crippen LogP contribution < -0.4 is 0 Å². The molecule has 0 unspecified atom stereocenters. The van der Waals surface area contributed by atoms with Gasteiger partial charge in [0.05, 0.1) is 0 Å². The van der Waals surface area contributed by atoms with Gasteiger partial charge in [0.15, 0.2) is 0 Å². The minimum Gasteiger partial charge on any atom is -0.356 e. The van der Waals surface area contributed by atoms with Gasteiger partial charge < -0.3 is 9.47 Å². The summed E-state index contributed by atoms with van der Waals surface area (Å²) in [5.41, 5.74) is 0. The summed E-state index contributed by atoms with van der Waals surface area (Å²) < 4.78 is 9.45. The lowest BCUT2D eigenvalue weighted by molar-refractivity contribution is -0.0307. The van der Waals surface area contributed by atoms with Gasteiger partial charge in [0.2, 0.25) is 0 Å². The highest BCUT2D eigenvalue weighted by atomic mass is 32.1. The quantitative estimate of drug-likeness (QED) is 0.410. The van der Waals surface area contributed by atoms with Crippen LogP contribution in [-0.4, -0.2) is 19.3 Å². The molecule has 0 N–H and O–H groups in total. The predicted molar refractivity (Wildman–Crippen MR) is 30.0 cm³/mol. The number of hydrogen-bond donors (Lipinski definition) is 0. The number of hydrogen-bond acceptors (Lipinski definition) is 2. The molecule has 0 heterocycles. The van der Waals surface area contributed by atoms with Crippen molar-refractivity contribution in [2.24, 2.45) is 0 Å². The Hall–Kier alpha value is 0.270. The summed E-state index contributed by atoms with van der Waals surface area (Å²) in [4.78, 5) is 0. The molecular weight excluding hydrogens is 112 g/mol. The monoisotopic (exact) mass is 121 g/mol. The van der Waals surface area contributed by atoms with Crippen molar-refractivity contribution in [2.75, 3.05) is 19.3 Å². The van der Waals surface area contributed by atoms with Crippen molar-refractivity contribution < 1.29 is 9.47 Å². The van der Waals surface area contributed by atoms with Gasteiger partial charge in [-0.2, -0.15) is 0 Å². The van der Waals surface area contributed by atoms with Gasteiger partial charge in [-0.15, -0.1) is 0 Å². The summed E-state index contributed by atoms with van der Waals surface area (Å²) in [5, 5.41) is 0. The lowest BCUT2D eigenvalue weighted by Gasteiger charge is -1.96. The molecule has 0 spiro atoms. The first-order valence-electron chi connectivity index (χ1n) is 2.15. The smallest absolute Gasteiger partial charge is 0.147 e. The minimum atomic E-state index is 0.319. The fourth-order valence-corrected chi connectivity index (χ4v) is 0.244. The lowest BCUT2D eigenvalue weighted by atomic mass is 10.9. The Labute approximate surface area is 49.2 Å². The molecule has 7 heavy (non-hydrogen) atoms. The van der Waals surface area contributed by atoms with Crippen LogP contribution in [0.25, 0.3) is 0 Å². The van der Waals surface area contributed by atoms with Gasteiger partial charge in [-0.05, 0) is 6.92 Å². The molecule has 0 atom stereocenters. The maximum Gasteiger partial charge on any atom is 0.147 e. The van der Waals surface area contributed by atoms with Crippen molar-refractivity contribution >= 4 is 12.6 Å². The van der Waals surface area contributed by atoms with Crippen molar-refractivity contribution in [3.63, 3.8) is 0 Å². The zero-order valence-electron chi connectivity index (χ0n) is 4.35. The van der Waals surface area contributed by atoms with Crippen LogP contribution in [0.15, 0.2) is 0 Å². The molecule has 0 fully saturated rings. The molecule has 3 heteroatoms. The van der Waals surface area contributed by atoms with Crippen LogP contribution >= 0.6 is 12.6 Å². The van der Waals surface area contributed by atoms with Gasteiger partial charge in [-0.25, -0.2) is 0 Å². The van der Waals surface area contributed by atoms with Crippen LogP contribution in [0, 0.1) is 0 Å². The van der Waals surface area contributed by atoms with Gasteiger partial charge >= 0.3 is 0 Å². The topological polar surface area (TPSA) is 18.5 Å². The maximum atomic E-state index is 4.78. The molecule has 2 nitrogen and oxygen atoms in total. The van der Waals surface area contributed by atoms with E-state index in [0.717, 1.165) is 0 Å². The van der Waals surface area contributed by atoms with Crippen molar-refractivity contribution in [3.05, 3.63) is 0 Å². The second-order valence-corrected chi connectivity index (χ2v) is 1.17. The van der Waals surface area contributed by atoms with Gasteiger partial charge in [0, 0.05) is 6.61 Å². The number of ether oxygens (including phenoxy) is 2. The summed E-state index contributed by atoms with van der Waals surface area (Å²) in [5.74, 6) is 0.319. The zero-order valence-corrected chi connectivity index (χ0v) is 5.16. The average molecular weight is 121 g/mol. The van der Waals surface area contributed by atoms with E-state index in [-0.39, 0.29) is 0 Å². The molecule has 0 aromatic heterocycles. The molecule has 0 aliphatic carbocycles. The lowest BCUT2D eigenvalue weighted by Crippen LogP contribution is -1.96. The van der Waals surface area contributed by atoms with E-state index in [1.54, 1.807) is 0 Å². The molecule has 0 saturated heterocycles. The molecule has 0 bridgehead atoms. The van der Waals surface area contributed by atoms with E-state index in [9.17, 15) is 0 Å². The van der Waals surface area contributed by atoms with E-state index in [1.807, 2.05) is 6.92 Å². The predicted octanol–water partition coefficient (Wildman–Crippen LogP) is 1.15. The third-order valence-electron chi connectivity index (χ3n) is 0.454. The molecule has 0 aliphatic heterocycles. The molecule has 0 saturated carbocycles. The van der Waals surface area contributed by atoms with E-state index in [4.69, 9.17) is 4.74 Å². The van der Waals surface area contributed by atoms with E-state index in [2.05, 4.69) is 17.4 Å². The van der Waals surface area contributed by atoms with Crippen LogP contribution in [0.2, 0.25) is 0 Å². The summed E-state index contributed by atoms with van der Waals surface area (Å²) in [6.45, 7) is 2.93. The molecule has 0 rings (SSSR count). The Kier molecular flexibility index (Phi) is 6.51. The van der Waals surface area contributed by atoms with Crippen LogP contribution in [0.3, 0.4) is 0 Å². The van der Waals surface area contributed by atoms with Crippen molar-refractivity contribution in [1.82, 2.24) is 0 Å². The fraction of sp³-hybridized carbons (Fsp3) is 1.00. The van der Waals surface area contributed by atoms with Crippen molar-refractivity contribution in [2.45, 2.75) is 6.92 Å². The zero-order chi connectivity index (χ0) is 5.54. The van der Waals surface area contributed by atoms with E-state index in [0.29, 0.717) is 19.3 Å². The Morgan fingerprint density at radius 2 is 2.14 bits per heavy atom. The third-order valence-corrected chi connectivity index (χ3v) is 0.621. The normalized spacial score (nSPS) is 9.43. The van der Waals surface area contributed by atoms with Gasteiger partial charge in [-0.3, -0.25) is 0 Å². The molecule has 0 aliphatic rings. The second kappa shape index (κ2) is 6.27. The molecule has 0 aromatic rings. The Morgan fingerprint density at radius 3 is 2.57 bits per heavy atom. The Bertz CT molecular complexity index is 28.9. The van der Waals surface area contributed by atoms with Crippen molar-refractivity contribution in [3.8, 4) is 0 Å². The van der Waals surface area contributed by atoms with Gasteiger partial charge in [-0.1, -0.05) is 12.6 Å². The maximum absolute atomic E-state index is 4.78. The Balaban J connectivity index is 2.45. The minimum absolute atomic E-state index is 0.319. The van der Waals surface area contributed by atoms with E-state index < -0.39 is 0 Å². The Morgan fingerprint density at radius 1 is 1.43 bits per heavy atom. The number of rotatable bonds is 4. The molecule has 1 radical (unpaired) electrons.